The Morgan fingerprint density at radius 1 is 1.25 bits per heavy atom. The minimum absolute atomic E-state index is 0.240. The third-order valence-corrected chi connectivity index (χ3v) is 3.67. The fourth-order valence-corrected chi connectivity index (χ4v) is 2.48. The number of halogens is 2. The summed E-state index contributed by atoms with van der Waals surface area (Å²) in [5, 5.41) is 9.61. The maximum absolute atomic E-state index is 13.0. The van der Waals surface area contributed by atoms with E-state index in [4.69, 9.17) is 0 Å². The topological polar surface area (TPSA) is 20.2 Å². The molecule has 0 aromatic heterocycles. The molecule has 1 N–H and O–H groups in total. The van der Waals surface area contributed by atoms with Crippen LogP contribution in [0, 0.1) is 23.5 Å². The summed E-state index contributed by atoms with van der Waals surface area (Å²) in [7, 11) is 0. The van der Waals surface area contributed by atoms with Gasteiger partial charge in [-0.1, -0.05) is 13.0 Å². The van der Waals surface area contributed by atoms with Crippen molar-refractivity contribution in [1.82, 2.24) is 0 Å². The second-order valence-electron chi connectivity index (χ2n) is 4.72. The average molecular weight is 226 g/mol. The molecular formula is C13H16F2O. The van der Waals surface area contributed by atoms with Gasteiger partial charge in [0.05, 0.1) is 6.10 Å². The molecule has 3 atom stereocenters. The molecule has 1 aromatic rings. The maximum Gasteiger partial charge on any atom is 0.159 e. The average Bonchev–Trinajstić information content (AvgIpc) is 2.55. The van der Waals surface area contributed by atoms with E-state index in [0.29, 0.717) is 5.92 Å². The summed E-state index contributed by atoms with van der Waals surface area (Å²) >= 11 is 0. The Labute approximate surface area is 94.1 Å². The fraction of sp³-hybridized carbons (Fsp3) is 0.538. The van der Waals surface area contributed by atoms with Gasteiger partial charge in [0.15, 0.2) is 11.6 Å². The summed E-state index contributed by atoms with van der Waals surface area (Å²) in [6.07, 6.45) is 2.25. The van der Waals surface area contributed by atoms with Gasteiger partial charge in [-0.2, -0.15) is 0 Å². The summed E-state index contributed by atoms with van der Waals surface area (Å²) < 4.78 is 25.7. The van der Waals surface area contributed by atoms with Crippen LogP contribution >= 0.6 is 0 Å². The van der Waals surface area contributed by atoms with Crippen molar-refractivity contribution in [2.45, 2.75) is 32.3 Å². The van der Waals surface area contributed by atoms with E-state index in [2.05, 4.69) is 0 Å². The summed E-state index contributed by atoms with van der Waals surface area (Å²) in [6, 6.07) is 4.04. The summed E-state index contributed by atoms with van der Waals surface area (Å²) in [6.45, 7) is 2.02. The molecule has 0 spiro atoms. The Hall–Kier alpha value is -0.960. The molecular weight excluding hydrogens is 210 g/mol. The van der Waals surface area contributed by atoms with Gasteiger partial charge in [0, 0.05) is 0 Å². The zero-order valence-electron chi connectivity index (χ0n) is 9.29. The van der Waals surface area contributed by atoms with Crippen LogP contribution in [0.3, 0.4) is 0 Å². The standard InChI is InChI=1S/C13H16F2O/c1-8-10(3-5-13(8)16)6-9-2-4-11(14)12(15)7-9/h2,4,7-8,10,13,16H,3,5-6H2,1H3. The van der Waals surface area contributed by atoms with Crippen molar-refractivity contribution in [2.24, 2.45) is 11.8 Å². The Kier molecular flexibility index (Phi) is 3.24. The zero-order valence-corrected chi connectivity index (χ0v) is 9.29. The monoisotopic (exact) mass is 226 g/mol. The molecule has 0 radical (unpaired) electrons. The van der Waals surface area contributed by atoms with Crippen LogP contribution in [0.5, 0.6) is 0 Å². The number of hydrogen-bond acceptors (Lipinski definition) is 1. The van der Waals surface area contributed by atoms with Gasteiger partial charge < -0.3 is 5.11 Å². The maximum atomic E-state index is 13.0. The molecule has 0 bridgehead atoms. The smallest absolute Gasteiger partial charge is 0.159 e. The molecule has 1 saturated carbocycles. The van der Waals surface area contributed by atoms with Crippen LogP contribution in [-0.4, -0.2) is 11.2 Å². The summed E-state index contributed by atoms with van der Waals surface area (Å²) in [5.74, 6) is -0.972. The molecule has 1 aliphatic carbocycles. The van der Waals surface area contributed by atoms with Crippen LogP contribution in [0.4, 0.5) is 8.78 Å². The molecule has 0 aliphatic heterocycles. The van der Waals surface area contributed by atoms with Crippen molar-refractivity contribution in [3.63, 3.8) is 0 Å². The minimum Gasteiger partial charge on any atom is -0.393 e. The van der Waals surface area contributed by atoms with Crippen LogP contribution in [0.15, 0.2) is 18.2 Å². The van der Waals surface area contributed by atoms with Gasteiger partial charge in [0.25, 0.3) is 0 Å². The van der Waals surface area contributed by atoms with E-state index in [-0.39, 0.29) is 12.0 Å². The molecule has 1 aliphatic rings. The van der Waals surface area contributed by atoms with Gasteiger partial charge >= 0.3 is 0 Å². The highest BCUT2D eigenvalue weighted by Gasteiger charge is 2.31. The lowest BCUT2D eigenvalue weighted by Crippen LogP contribution is -2.16. The molecule has 0 heterocycles. The first-order valence-corrected chi connectivity index (χ1v) is 5.70. The summed E-state index contributed by atoms with van der Waals surface area (Å²) in [5.41, 5.74) is 0.810. The fourth-order valence-electron chi connectivity index (χ4n) is 2.48. The lowest BCUT2D eigenvalue weighted by molar-refractivity contribution is 0.127. The largest absolute Gasteiger partial charge is 0.393 e. The molecule has 1 aromatic carbocycles. The van der Waals surface area contributed by atoms with Gasteiger partial charge in [0.2, 0.25) is 0 Å². The highest BCUT2D eigenvalue weighted by Crippen LogP contribution is 2.34. The highest BCUT2D eigenvalue weighted by atomic mass is 19.2. The lowest BCUT2D eigenvalue weighted by Gasteiger charge is -2.17. The molecule has 2 rings (SSSR count). The van der Waals surface area contributed by atoms with Gasteiger partial charge in [-0.3, -0.25) is 0 Å². The van der Waals surface area contributed by atoms with Crippen LogP contribution in [-0.2, 0) is 6.42 Å². The molecule has 1 fully saturated rings. The number of aliphatic hydroxyl groups excluding tert-OH is 1. The van der Waals surface area contributed by atoms with Crippen LogP contribution < -0.4 is 0 Å². The number of benzene rings is 1. The Bertz CT molecular complexity index is 378. The minimum atomic E-state index is -0.803. The zero-order chi connectivity index (χ0) is 11.7. The third-order valence-electron chi connectivity index (χ3n) is 3.67. The van der Waals surface area contributed by atoms with Gasteiger partial charge in [-0.05, 0) is 48.8 Å². The Balaban J connectivity index is 2.07. The van der Waals surface area contributed by atoms with Crippen molar-refractivity contribution < 1.29 is 13.9 Å². The van der Waals surface area contributed by atoms with Gasteiger partial charge in [-0.15, -0.1) is 0 Å². The first-order valence-electron chi connectivity index (χ1n) is 5.70. The third kappa shape index (κ3) is 2.24. The number of rotatable bonds is 2. The SMILES string of the molecule is CC1C(O)CCC1Cc1ccc(F)c(F)c1. The van der Waals surface area contributed by atoms with E-state index >= 15 is 0 Å². The highest BCUT2D eigenvalue weighted by molar-refractivity contribution is 5.18. The molecule has 16 heavy (non-hydrogen) atoms. The van der Waals surface area contributed by atoms with Crippen molar-refractivity contribution in [2.75, 3.05) is 0 Å². The van der Waals surface area contributed by atoms with Crippen molar-refractivity contribution in [3.8, 4) is 0 Å². The number of hydrogen-bond donors (Lipinski definition) is 1. The van der Waals surface area contributed by atoms with Crippen molar-refractivity contribution in [1.29, 1.82) is 0 Å². The van der Waals surface area contributed by atoms with Crippen LogP contribution in [0.25, 0.3) is 0 Å². The molecule has 3 heteroatoms. The van der Waals surface area contributed by atoms with E-state index < -0.39 is 11.6 Å². The first-order chi connectivity index (χ1) is 7.58. The van der Waals surface area contributed by atoms with Gasteiger partial charge in [-0.25, -0.2) is 8.78 Å². The van der Waals surface area contributed by atoms with Crippen molar-refractivity contribution in [3.05, 3.63) is 35.4 Å². The molecule has 0 amide bonds. The van der Waals surface area contributed by atoms with E-state index in [1.165, 1.54) is 12.1 Å². The second kappa shape index (κ2) is 4.50. The van der Waals surface area contributed by atoms with Crippen LogP contribution in [0.2, 0.25) is 0 Å². The summed E-state index contributed by atoms with van der Waals surface area (Å²) in [4.78, 5) is 0. The molecule has 0 saturated heterocycles. The number of aliphatic hydroxyl groups is 1. The predicted molar refractivity (Wildman–Crippen MR) is 58.0 cm³/mol. The van der Waals surface area contributed by atoms with E-state index in [1.54, 1.807) is 6.07 Å². The first kappa shape index (κ1) is 11.5. The Morgan fingerprint density at radius 2 is 2.00 bits per heavy atom. The van der Waals surface area contributed by atoms with Crippen LogP contribution in [0.1, 0.15) is 25.3 Å². The normalized spacial score (nSPS) is 29.6. The van der Waals surface area contributed by atoms with E-state index in [0.717, 1.165) is 24.8 Å². The van der Waals surface area contributed by atoms with E-state index in [1.807, 2.05) is 6.92 Å². The Morgan fingerprint density at radius 3 is 2.56 bits per heavy atom. The van der Waals surface area contributed by atoms with Gasteiger partial charge in [0.1, 0.15) is 0 Å². The lowest BCUT2D eigenvalue weighted by atomic mass is 9.90. The molecule has 88 valence electrons. The second-order valence-corrected chi connectivity index (χ2v) is 4.72. The molecule has 3 unspecified atom stereocenters. The van der Waals surface area contributed by atoms with E-state index in [9.17, 15) is 13.9 Å². The predicted octanol–water partition coefficient (Wildman–Crippen LogP) is 2.91. The molecule has 1 nitrogen and oxygen atoms in total. The quantitative estimate of drug-likeness (QED) is 0.822. The van der Waals surface area contributed by atoms with Crippen molar-refractivity contribution >= 4 is 0 Å².